The van der Waals surface area contributed by atoms with E-state index in [1.165, 1.54) is 22.9 Å². The molecule has 3 rings (SSSR count). The lowest BCUT2D eigenvalue weighted by molar-refractivity contribution is -0.943. The third-order valence-electron chi connectivity index (χ3n) is 4.69. The molecule has 0 amide bonds. The van der Waals surface area contributed by atoms with Gasteiger partial charge < -0.3 is 9.22 Å². The fourth-order valence-corrected chi connectivity index (χ4v) is 4.04. The highest BCUT2D eigenvalue weighted by atomic mass is 35.5. The number of carbonyl (C=O) groups excluding carboxylic acids is 1. The molecule has 2 aliphatic rings. The molecule has 1 aliphatic carbocycles. The van der Waals surface area contributed by atoms with Gasteiger partial charge in [-0.2, -0.15) is 0 Å². The van der Waals surface area contributed by atoms with Crippen LogP contribution in [0, 0.1) is 6.26 Å². The molecule has 0 spiro atoms. The molecule has 1 aromatic rings. The molecule has 1 aromatic carbocycles. The van der Waals surface area contributed by atoms with Crippen LogP contribution in [0.5, 0.6) is 0 Å². The molecule has 24 heavy (non-hydrogen) atoms. The first-order chi connectivity index (χ1) is 11.6. The Labute approximate surface area is 152 Å². The van der Waals surface area contributed by atoms with Gasteiger partial charge in [-0.25, -0.2) is 0 Å². The zero-order chi connectivity index (χ0) is 17.0. The van der Waals surface area contributed by atoms with Gasteiger partial charge in [0.05, 0.1) is 13.2 Å². The fraction of sp³-hybridized carbons (Fsp3) is 0.368. The fourth-order valence-electron chi connectivity index (χ4n) is 3.41. The molecule has 1 fully saturated rings. The van der Waals surface area contributed by atoms with Crippen LogP contribution in [-0.4, -0.2) is 43.1 Å². The van der Waals surface area contributed by atoms with Crippen molar-refractivity contribution in [3.05, 3.63) is 63.7 Å². The lowest BCUT2D eigenvalue weighted by Crippen LogP contribution is -2.55. The molecular weight excluding hydrogens is 342 g/mol. The molecule has 3 nitrogen and oxygen atoms in total. The van der Waals surface area contributed by atoms with Gasteiger partial charge in [-0.15, -0.1) is 11.8 Å². The lowest BCUT2D eigenvalue weighted by Gasteiger charge is -2.42. The Kier molecular flexibility index (Phi) is 5.82. The summed E-state index contributed by atoms with van der Waals surface area (Å²) >= 11 is 7.49. The van der Waals surface area contributed by atoms with Crippen molar-refractivity contribution in [2.45, 2.75) is 13.0 Å². The standard InChI is InChI=1S/C19H22ClNO2S/c1-24-19-7-6-18(22)12-16(19)14-21(8-10-23-11-9-21)13-15-2-4-17(20)5-3-15/h2-7H,1,8-14H2/q+1. The van der Waals surface area contributed by atoms with Crippen LogP contribution in [0.25, 0.3) is 0 Å². The molecular formula is C19H22ClNO2S+. The van der Waals surface area contributed by atoms with Crippen molar-refractivity contribution >= 4 is 29.1 Å². The zero-order valence-electron chi connectivity index (χ0n) is 13.7. The van der Waals surface area contributed by atoms with E-state index in [0.717, 1.165) is 53.8 Å². The molecule has 0 unspecified atom stereocenters. The number of allylic oxidation sites excluding steroid dienone is 2. The second-order valence-corrected chi connectivity index (χ2v) is 7.60. The van der Waals surface area contributed by atoms with E-state index in [4.69, 9.17) is 16.3 Å². The number of thioether (sulfide) groups is 1. The summed E-state index contributed by atoms with van der Waals surface area (Å²) in [6.45, 7) is 5.24. The lowest BCUT2D eigenvalue weighted by atomic mass is 10.0. The Morgan fingerprint density at radius 1 is 1.12 bits per heavy atom. The number of hydrogen-bond acceptors (Lipinski definition) is 3. The maximum absolute atomic E-state index is 11.9. The average molecular weight is 364 g/mol. The van der Waals surface area contributed by atoms with Crippen molar-refractivity contribution in [2.24, 2.45) is 0 Å². The molecule has 0 saturated carbocycles. The van der Waals surface area contributed by atoms with Gasteiger partial charge in [-0.3, -0.25) is 4.79 Å². The highest BCUT2D eigenvalue weighted by Crippen LogP contribution is 2.30. The third kappa shape index (κ3) is 4.31. The Balaban J connectivity index is 1.85. The van der Waals surface area contributed by atoms with Crippen LogP contribution in [0.4, 0.5) is 0 Å². The number of carbonyl (C=O) groups is 1. The second kappa shape index (κ2) is 7.87. The van der Waals surface area contributed by atoms with Crippen molar-refractivity contribution in [1.29, 1.82) is 0 Å². The summed E-state index contributed by atoms with van der Waals surface area (Å²) in [6.07, 6.45) is 8.04. The first kappa shape index (κ1) is 17.7. The molecule has 0 bridgehead atoms. The van der Waals surface area contributed by atoms with Crippen LogP contribution < -0.4 is 0 Å². The van der Waals surface area contributed by atoms with Crippen molar-refractivity contribution < 1.29 is 14.0 Å². The van der Waals surface area contributed by atoms with Gasteiger partial charge in [0.15, 0.2) is 5.78 Å². The average Bonchev–Trinajstić information content (AvgIpc) is 2.58. The number of nitrogens with zero attached hydrogens (tertiary/aromatic N) is 1. The van der Waals surface area contributed by atoms with Crippen LogP contribution in [-0.2, 0) is 16.1 Å². The van der Waals surface area contributed by atoms with E-state index in [-0.39, 0.29) is 5.78 Å². The predicted octanol–water partition coefficient (Wildman–Crippen LogP) is 3.99. The summed E-state index contributed by atoms with van der Waals surface area (Å²) in [5, 5.41) is 0.758. The van der Waals surface area contributed by atoms with Gasteiger partial charge >= 0.3 is 0 Å². The monoisotopic (exact) mass is 363 g/mol. The third-order valence-corrected chi connectivity index (χ3v) is 5.68. The van der Waals surface area contributed by atoms with Gasteiger partial charge in [0, 0.05) is 33.7 Å². The van der Waals surface area contributed by atoms with Gasteiger partial charge in [-0.1, -0.05) is 23.7 Å². The topological polar surface area (TPSA) is 26.3 Å². The van der Waals surface area contributed by atoms with E-state index in [1.54, 1.807) is 6.08 Å². The molecule has 1 heterocycles. The molecule has 0 atom stereocenters. The Morgan fingerprint density at radius 3 is 2.50 bits per heavy atom. The maximum atomic E-state index is 11.9. The zero-order valence-corrected chi connectivity index (χ0v) is 15.2. The van der Waals surface area contributed by atoms with E-state index in [0.29, 0.717) is 6.42 Å². The molecule has 5 heteroatoms. The van der Waals surface area contributed by atoms with E-state index in [2.05, 4.69) is 18.4 Å². The molecule has 1 radical (unpaired) electrons. The summed E-state index contributed by atoms with van der Waals surface area (Å²) in [6, 6.07) is 8.07. The highest BCUT2D eigenvalue weighted by Gasteiger charge is 2.33. The van der Waals surface area contributed by atoms with Crippen molar-refractivity contribution in [2.75, 3.05) is 32.8 Å². The quantitative estimate of drug-likeness (QED) is 0.740. The van der Waals surface area contributed by atoms with Crippen molar-refractivity contribution in [1.82, 2.24) is 0 Å². The summed E-state index contributed by atoms with van der Waals surface area (Å²) in [4.78, 5) is 13.0. The maximum Gasteiger partial charge on any atom is 0.160 e. The first-order valence-electron chi connectivity index (χ1n) is 8.12. The summed E-state index contributed by atoms with van der Waals surface area (Å²) in [7, 11) is 0. The molecule has 1 aliphatic heterocycles. The van der Waals surface area contributed by atoms with Crippen molar-refractivity contribution in [3.63, 3.8) is 0 Å². The van der Waals surface area contributed by atoms with E-state index >= 15 is 0 Å². The molecule has 127 valence electrons. The van der Waals surface area contributed by atoms with Gasteiger partial charge in [0.2, 0.25) is 0 Å². The Hall–Kier alpha value is -1.07. The minimum Gasteiger partial charge on any atom is -0.370 e. The van der Waals surface area contributed by atoms with Crippen molar-refractivity contribution in [3.8, 4) is 0 Å². The van der Waals surface area contributed by atoms with E-state index in [1.807, 2.05) is 18.2 Å². The molecule has 1 saturated heterocycles. The Morgan fingerprint density at radius 2 is 1.83 bits per heavy atom. The van der Waals surface area contributed by atoms with Gasteiger partial charge in [0.1, 0.15) is 26.2 Å². The number of morpholine rings is 1. The smallest absolute Gasteiger partial charge is 0.160 e. The normalized spacial score (nSPS) is 20.5. The Bertz CT molecular complexity index is 660. The summed E-state index contributed by atoms with van der Waals surface area (Å²) in [5.74, 6) is 0.181. The molecule has 0 aromatic heterocycles. The first-order valence-corrected chi connectivity index (χ1v) is 9.49. The SMILES string of the molecule is [CH2]SC1=C(C[N+]2(Cc3ccc(Cl)cc3)CCOCC2)CC(=O)C=C1. The van der Waals surface area contributed by atoms with Crippen LogP contribution in [0.3, 0.4) is 0 Å². The van der Waals surface area contributed by atoms with Crippen LogP contribution in [0.15, 0.2) is 46.9 Å². The number of rotatable bonds is 5. The summed E-state index contributed by atoms with van der Waals surface area (Å²) in [5.41, 5.74) is 2.47. The number of ether oxygens (including phenoxy) is 1. The van der Waals surface area contributed by atoms with Crippen LogP contribution in [0.1, 0.15) is 12.0 Å². The number of halogens is 1. The van der Waals surface area contributed by atoms with Gasteiger partial charge in [-0.05, 0) is 24.3 Å². The van der Waals surface area contributed by atoms with E-state index in [9.17, 15) is 4.79 Å². The number of benzene rings is 1. The van der Waals surface area contributed by atoms with Crippen LogP contribution >= 0.6 is 23.4 Å². The second-order valence-electron chi connectivity index (χ2n) is 6.43. The minimum absolute atomic E-state index is 0.181. The molecule has 0 N–H and O–H groups in total. The van der Waals surface area contributed by atoms with E-state index < -0.39 is 0 Å². The van der Waals surface area contributed by atoms with Crippen LogP contribution in [0.2, 0.25) is 5.02 Å². The summed E-state index contributed by atoms with van der Waals surface area (Å²) < 4.78 is 6.51. The van der Waals surface area contributed by atoms with Gasteiger partial charge in [0.25, 0.3) is 0 Å². The predicted molar refractivity (Wildman–Crippen MR) is 99.6 cm³/mol. The highest BCUT2D eigenvalue weighted by molar-refractivity contribution is 8.04. The minimum atomic E-state index is 0.181. The number of hydrogen-bond donors (Lipinski definition) is 0. The largest absolute Gasteiger partial charge is 0.370 e. The number of quaternary nitrogens is 1. The number of ketones is 1.